The molecule has 0 unspecified atom stereocenters. The summed E-state index contributed by atoms with van der Waals surface area (Å²) in [5.74, 6) is -0.300. The molecule has 0 fully saturated rings. The van der Waals surface area contributed by atoms with Gasteiger partial charge in [-0.05, 0) is 49.7 Å². The van der Waals surface area contributed by atoms with Crippen molar-refractivity contribution in [2.24, 2.45) is 0 Å². The number of nitrogens with zero attached hydrogens (tertiary/aromatic N) is 3. The van der Waals surface area contributed by atoms with Gasteiger partial charge in [0.05, 0.1) is 43.6 Å². The maximum Gasteiger partial charge on any atom is 0.335 e. The van der Waals surface area contributed by atoms with Crippen LogP contribution in [0.3, 0.4) is 0 Å². The number of hydrogen-bond acceptors (Lipinski definition) is 6. The fraction of sp³-hybridized carbons (Fsp3) is 0.0909. The van der Waals surface area contributed by atoms with Gasteiger partial charge in [0, 0.05) is 29.1 Å². The standard InChI is InChI=1S/C33H23Cl2N3O5/c1-18-29(19(2)43-37-18)23-14-28-30(36-15-23)25(16-38(28)31-26(34)12-22(33(40)41)13-27(31)35)32(39)21-9-6-10-24(11-21)42-17-20-7-4-3-5-8-20/h3-16H,17H2,1-2H3,(H,40,41). The molecule has 10 heteroatoms. The highest BCUT2D eigenvalue weighted by Crippen LogP contribution is 2.37. The number of carboxylic acid groups (broad SMARTS) is 1. The Labute approximate surface area is 256 Å². The number of carboxylic acids is 1. The number of fused-ring (bicyclic) bond motifs is 1. The van der Waals surface area contributed by atoms with Crippen LogP contribution in [-0.4, -0.2) is 31.6 Å². The molecule has 0 aliphatic carbocycles. The van der Waals surface area contributed by atoms with Gasteiger partial charge in [0.25, 0.3) is 0 Å². The van der Waals surface area contributed by atoms with E-state index in [2.05, 4.69) is 5.16 Å². The second-order valence-electron chi connectivity index (χ2n) is 9.93. The maximum absolute atomic E-state index is 14.0. The lowest BCUT2D eigenvalue weighted by Crippen LogP contribution is -2.03. The molecular weight excluding hydrogens is 589 g/mol. The van der Waals surface area contributed by atoms with Crippen LogP contribution in [0.15, 0.2) is 89.7 Å². The van der Waals surface area contributed by atoms with Crippen LogP contribution in [0.4, 0.5) is 0 Å². The van der Waals surface area contributed by atoms with Gasteiger partial charge in [-0.15, -0.1) is 0 Å². The van der Waals surface area contributed by atoms with E-state index in [1.807, 2.05) is 43.3 Å². The first-order valence-electron chi connectivity index (χ1n) is 13.2. The van der Waals surface area contributed by atoms with Crippen molar-refractivity contribution in [1.82, 2.24) is 14.7 Å². The predicted octanol–water partition coefficient (Wildman–Crippen LogP) is 8.11. The van der Waals surface area contributed by atoms with Crippen LogP contribution in [-0.2, 0) is 6.61 Å². The quantitative estimate of drug-likeness (QED) is 0.173. The highest BCUT2D eigenvalue weighted by atomic mass is 35.5. The van der Waals surface area contributed by atoms with Gasteiger partial charge in [0.15, 0.2) is 5.78 Å². The molecule has 3 aromatic heterocycles. The fourth-order valence-corrected chi connectivity index (χ4v) is 5.70. The van der Waals surface area contributed by atoms with Crippen molar-refractivity contribution in [3.8, 4) is 22.6 Å². The minimum Gasteiger partial charge on any atom is -0.489 e. The zero-order valence-electron chi connectivity index (χ0n) is 23.0. The lowest BCUT2D eigenvalue weighted by atomic mass is 10.0. The van der Waals surface area contributed by atoms with Crippen LogP contribution in [0.2, 0.25) is 10.0 Å². The molecule has 6 aromatic rings. The van der Waals surface area contributed by atoms with Crippen molar-refractivity contribution in [3.63, 3.8) is 0 Å². The molecule has 0 spiro atoms. The Bertz CT molecular complexity index is 1990. The second kappa shape index (κ2) is 11.4. The van der Waals surface area contributed by atoms with E-state index in [1.165, 1.54) is 12.1 Å². The van der Waals surface area contributed by atoms with Crippen molar-refractivity contribution >= 4 is 46.0 Å². The van der Waals surface area contributed by atoms with Gasteiger partial charge in [-0.25, -0.2) is 4.79 Å². The molecule has 43 heavy (non-hydrogen) atoms. The monoisotopic (exact) mass is 611 g/mol. The molecule has 3 heterocycles. The van der Waals surface area contributed by atoms with Gasteiger partial charge in [0.1, 0.15) is 18.1 Å². The van der Waals surface area contributed by atoms with E-state index in [0.29, 0.717) is 57.2 Å². The summed E-state index contributed by atoms with van der Waals surface area (Å²) < 4.78 is 13.0. The zero-order valence-corrected chi connectivity index (χ0v) is 24.5. The first-order chi connectivity index (χ1) is 20.7. The lowest BCUT2D eigenvalue weighted by Gasteiger charge is -2.12. The van der Waals surface area contributed by atoms with Gasteiger partial charge in [-0.2, -0.15) is 0 Å². The summed E-state index contributed by atoms with van der Waals surface area (Å²) in [5.41, 5.74) is 5.07. The van der Waals surface area contributed by atoms with Gasteiger partial charge in [-0.1, -0.05) is 70.8 Å². The SMILES string of the molecule is Cc1noc(C)c1-c1cnc2c(C(=O)c3cccc(OCc4ccccc4)c3)cn(-c3c(Cl)cc(C(=O)O)cc3Cl)c2c1. The Hall–Kier alpha value is -4.92. The van der Waals surface area contributed by atoms with E-state index in [9.17, 15) is 14.7 Å². The number of benzene rings is 3. The number of rotatable bonds is 8. The number of halogens is 2. The van der Waals surface area contributed by atoms with Crippen LogP contribution in [0.25, 0.3) is 27.8 Å². The summed E-state index contributed by atoms with van der Waals surface area (Å²) in [5, 5.41) is 13.7. The number of pyridine rings is 1. The van der Waals surface area contributed by atoms with Crippen LogP contribution in [0.1, 0.15) is 43.3 Å². The highest BCUT2D eigenvalue weighted by molar-refractivity contribution is 6.38. The molecule has 0 bridgehead atoms. The summed E-state index contributed by atoms with van der Waals surface area (Å²) in [6.45, 7) is 3.99. The molecule has 3 aromatic carbocycles. The van der Waals surface area contributed by atoms with Crippen LogP contribution in [0, 0.1) is 13.8 Å². The first kappa shape index (κ1) is 28.2. The summed E-state index contributed by atoms with van der Waals surface area (Å²) in [6, 6.07) is 21.2. The number of aryl methyl sites for hydroxylation is 2. The molecule has 0 saturated carbocycles. The number of ketones is 1. The Morgan fingerprint density at radius 3 is 2.37 bits per heavy atom. The van der Waals surface area contributed by atoms with E-state index < -0.39 is 5.97 Å². The van der Waals surface area contributed by atoms with Gasteiger partial charge < -0.3 is 18.9 Å². The zero-order chi connectivity index (χ0) is 30.2. The average Bonchev–Trinajstić information content (AvgIpc) is 3.54. The van der Waals surface area contributed by atoms with E-state index in [-0.39, 0.29) is 21.4 Å². The van der Waals surface area contributed by atoms with Crippen LogP contribution < -0.4 is 4.74 Å². The van der Waals surface area contributed by atoms with Crippen molar-refractivity contribution in [3.05, 3.63) is 129 Å². The molecule has 0 atom stereocenters. The molecule has 0 radical (unpaired) electrons. The number of carbonyl (C=O) groups is 2. The average molecular weight is 612 g/mol. The smallest absolute Gasteiger partial charge is 0.335 e. The molecule has 0 amide bonds. The first-order valence-corrected chi connectivity index (χ1v) is 14.0. The number of aromatic carboxylic acids is 1. The van der Waals surface area contributed by atoms with Crippen molar-refractivity contribution < 1.29 is 24.0 Å². The molecule has 214 valence electrons. The lowest BCUT2D eigenvalue weighted by molar-refractivity contribution is 0.0696. The van der Waals surface area contributed by atoms with E-state index >= 15 is 0 Å². The van der Waals surface area contributed by atoms with Crippen LogP contribution >= 0.6 is 23.2 Å². The van der Waals surface area contributed by atoms with E-state index in [0.717, 1.165) is 11.1 Å². The molecule has 6 rings (SSSR count). The molecule has 0 saturated heterocycles. The molecular formula is C33H23Cl2N3O5. The summed E-state index contributed by atoms with van der Waals surface area (Å²) in [7, 11) is 0. The molecule has 1 N–H and O–H groups in total. The third-order valence-electron chi connectivity index (χ3n) is 7.06. The fourth-order valence-electron chi connectivity index (χ4n) is 5.03. The van der Waals surface area contributed by atoms with Crippen LogP contribution in [0.5, 0.6) is 5.75 Å². The maximum atomic E-state index is 14.0. The summed E-state index contributed by atoms with van der Waals surface area (Å²) in [6.07, 6.45) is 3.27. The molecule has 0 aliphatic heterocycles. The number of ether oxygens (including phenoxy) is 1. The minimum atomic E-state index is -1.17. The molecule has 8 nitrogen and oxygen atoms in total. The highest BCUT2D eigenvalue weighted by Gasteiger charge is 2.24. The Kier molecular flexibility index (Phi) is 7.48. The van der Waals surface area contributed by atoms with E-state index in [4.69, 9.17) is 37.4 Å². The third-order valence-corrected chi connectivity index (χ3v) is 7.63. The second-order valence-corrected chi connectivity index (χ2v) is 10.7. The Balaban J connectivity index is 1.48. The van der Waals surface area contributed by atoms with Crippen molar-refractivity contribution in [2.75, 3.05) is 0 Å². The number of aromatic nitrogens is 3. The Morgan fingerprint density at radius 2 is 1.70 bits per heavy atom. The van der Waals surface area contributed by atoms with Crippen molar-refractivity contribution in [2.45, 2.75) is 20.5 Å². The van der Waals surface area contributed by atoms with Gasteiger partial charge in [-0.3, -0.25) is 9.78 Å². The van der Waals surface area contributed by atoms with Gasteiger partial charge in [0.2, 0.25) is 0 Å². The Morgan fingerprint density at radius 1 is 0.953 bits per heavy atom. The largest absolute Gasteiger partial charge is 0.489 e. The topological polar surface area (TPSA) is 107 Å². The summed E-state index contributed by atoms with van der Waals surface area (Å²) in [4.78, 5) is 30.3. The molecule has 0 aliphatic rings. The minimum absolute atomic E-state index is 0.0617. The van der Waals surface area contributed by atoms with Gasteiger partial charge >= 0.3 is 5.97 Å². The number of hydrogen-bond donors (Lipinski definition) is 1. The predicted molar refractivity (Wildman–Crippen MR) is 164 cm³/mol. The third kappa shape index (κ3) is 5.38. The summed E-state index contributed by atoms with van der Waals surface area (Å²) >= 11 is 13.2. The number of carbonyl (C=O) groups excluding carboxylic acids is 1. The van der Waals surface area contributed by atoms with E-state index in [1.54, 1.807) is 48.1 Å². The van der Waals surface area contributed by atoms with Crippen molar-refractivity contribution in [1.29, 1.82) is 0 Å². The normalized spacial score (nSPS) is 11.2.